The van der Waals surface area contributed by atoms with Crippen molar-refractivity contribution in [2.24, 2.45) is 5.92 Å². The predicted molar refractivity (Wildman–Crippen MR) is 168 cm³/mol. The molecule has 1 spiro atoms. The molecule has 0 bridgehead atoms. The van der Waals surface area contributed by atoms with Crippen molar-refractivity contribution in [3.8, 4) is 0 Å². The Morgan fingerprint density at radius 3 is 2.32 bits per heavy atom. The average Bonchev–Trinajstić information content (AvgIpc) is 3.49. The molecule has 3 aliphatic rings. The van der Waals surface area contributed by atoms with Gasteiger partial charge in [0.25, 0.3) is 5.69 Å². The van der Waals surface area contributed by atoms with Gasteiger partial charge in [-0.1, -0.05) is 77.9 Å². The number of aryl methyl sites for hydroxylation is 2. The third kappa shape index (κ3) is 3.80. The SMILES string of the molecule is CC1=C[C@H]2N(c3ccc(C)cc31)[C@H](C(=O)c1ccc(C)cc1)[C@H](C(=O)c1cccc([N+](=O)[O-])c1)[C@]21C(=O)Nc2ccccc21. The Kier molecular flexibility index (Phi) is 6.14. The topological polar surface area (TPSA) is 110 Å². The lowest BCUT2D eigenvalue weighted by Crippen LogP contribution is -2.51. The minimum Gasteiger partial charge on any atom is -0.352 e. The van der Waals surface area contributed by atoms with Crippen molar-refractivity contribution in [3.63, 3.8) is 0 Å². The van der Waals surface area contributed by atoms with Gasteiger partial charge in [-0.15, -0.1) is 0 Å². The first-order valence-electron chi connectivity index (χ1n) is 14.5. The van der Waals surface area contributed by atoms with Gasteiger partial charge >= 0.3 is 0 Å². The molecule has 7 rings (SSSR count). The third-order valence-corrected chi connectivity index (χ3v) is 9.36. The molecule has 1 N–H and O–H groups in total. The van der Waals surface area contributed by atoms with Crippen molar-refractivity contribution >= 4 is 40.1 Å². The van der Waals surface area contributed by atoms with E-state index in [9.17, 15) is 24.5 Å². The van der Waals surface area contributed by atoms with Crippen LogP contribution in [0.4, 0.5) is 17.1 Å². The monoisotopic (exact) mass is 583 g/mol. The highest BCUT2D eigenvalue weighted by molar-refractivity contribution is 6.18. The van der Waals surface area contributed by atoms with E-state index in [2.05, 4.69) is 11.4 Å². The third-order valence-electron chi connectivity index (χ3n) is 9.36. The van der Waals surface area contributed by atoms with Crippen LogP contribution in [-0.2, 0) is 10.2 Å². The zero-order chi connectivity index (χ0) is 30.9. The molecule has 218 valence electrons. The average molecular weight is 584 g/mol. The number of fused-ring (bicyclic) bond motifs is 6. The van der Waals surface area contributed by atoms with Gasteiger partial charge in [-0.05, 0) is 50.1 Å². The summed E-state index contributed by atoms with van der Waals surface area (Å²) in [7, 11) is 0. The molecule has 8 nitrogen and oxygen atoms in total. The maximum Gasteiger partial charge on any atom is 0.270 e. The first-order valence-corrected chi connectivity index (χ1v) is 14.5. The first kappa shape index (κ1) is 27.5. The molecule has 3 aliphatic heterocycles. The summed E-state index contributed by atoms with van der Waals surface area (Å²) in [6.07, 6.45) is 2.00. The quantitative estimate of drug-likeness (QED) is 0.164. The van der Waals surface area contributed by atoms with Crippen molar-refractivity contribution in [2.45, 2.75) is 38.3 Å². The van der Waals surface area contributed by atoms with Crippen molar-refractivity contribution in [2.75, 3.05) is 10.2 Å². The first-order chi connectivity index (χ1) is 21.1. The van der Waals surface area contributed by atoms with E-state index in [4.69, 9.17) is 0 Å². The molecule has 8 heteroatoms. The van der Waals surface area contributed by atoms with E-state index in [1.165, 1.54) is 24.3 Å². The lowest BCUT2D eigenvalue weighted by atomic mass is 9.64. The Hall–Kier alpha value is -5.37. The fourth-order valence-corrected chi connectivity index (χ4v) is 7.39. The van der Waals surface area contributed by atoms with E-state index >= 15 is 0 Å². The highest BCUT2D eigenvalue weighted by Gasteiger charge is 2.70. The molecule has 0 aliphatic carbocycles. The lowest BCUT2D eigenvalue weighted by Gasteiger charge is -2.39. The Bertz CT molecular complexity index is 1950. The molecule has 1 fully saturated rings. The Balaban J connectivity index is 1.55. The van der Waals surface area contributed by atoms with Crippen LogP contribution in [0.2, 0.25) is 0 Å². The van der Waals surface area contributed by atoms with Gasteiger partial charge in [0.1, 0.15) is 11.5 Å². The van der Waals surface area contributed by atoms with Crippen molar-refractivity contribution in [1.82, 2.24) is 0 Å². The number of ketones is 2. The van der Waals surface area contributed by atoms with Gasteiger partial charge in [0.2, 0.25) is 5.91 Å². The molecule has 44 heavy (non-hydrogen) atoms. The summed E-state index contributed by atoms with van der Waals surface area (Å²) >= 11 is 0. The minimum absolute atomic E-state index is 0.0761. The number of nitro groups is 1. The summed E-state index contributed by atoms with van der Waals surface area (Å²) in [5.41, 5.74) is 4.61. The number of rotatable bonds is 5. The van der Waals surface area contributed by atoms with E-state index in [1.807, 2.05) is 74.2 Å². The zero-order valence-corrected chi connectivity index (χ0v) is 24.4. The summed E-state index contributed by atoms with van der Waals surface area (Å²) in [4.78, 5) is 57.3. The number of nitrogens with zero attached hydrogens (tertiary/aromatic N) is 2. The number of para-hydroxylation sites is 1. The number of carbonyl (C=O) groups is 3. The van der Waals surface area contributed by atoms with Crippen molar-refractivity contribution in [3.05, 3.63) is 141 Å². The fourth-order valence-electron chi connectivity index (χ4n) is 7.39. The molecule has 4 atom stereocenters. The molecular formula is C36H29N3O5. The summed E-state index contributed by atoms with van der Waals surface area (Å²) in [6.45, 7) is 5.91. The standard InChI is InChI=1S/C36H29N3O5/c1-20-11-14-23(15-12-20)34(41)32-31(33(40)24-7-6-8-25(19-24)39(43)44)36(27-9-4-5-10-28(27)37-35(36)42)30-18-22(3)26-17-21(2)13-16-29(26)38(30)32/h4-19,30-32H,1-3H3,(H,37,42)/t30-,31-,32+,36-/m1/s1. The van der Waals surface area contributed by atoms with Crippen molar-refractivity contribution in [1.29, 1.82) is 0 Å². The molecular weight excluding hydrogens is 554 g/mol. The number of Topliss-reactive ketones (excluding diaryl/α,β-unsaturated/α-hetero) is 2. The van der Waals surface area contributed by atoms with Gasteiger partial charge in [-0.2, -0.15) is 0 Å². The second-order valence-corrected chi connectivity index (χ2v) is 11.9. The molecule has 4 aromatic rings. The van der Waals surface area contributed by atoms with Crippen molar-refractivity contribution < 1.29 is 19.3 Å². The number of benzene rings is 4. The highest BCUT2D eigenvalue weighted by atomic mass is 16.6. The van der Waals surface area contributed by atoms with Crippen LogP contribution >= 0.6 is 0 Å². The summed E-state index contributed by atoms with van der Waals surface area (Å²) in [5, 5.41) is 14.7. The number of anilines is 2. The summed E-state index contributed by atoms with van der Waals surface area (Å²) in [6, 6.07) is 24.2. The maximum absolute atomic E-state index is 14.9. The summed E-state index contributed by atoms with van der Waals surface area (Å²) < 4.78 is 0. The van der Waals surface area contributed by atoms with Crippen LogP contribution in [0.25, 0.3) is 5.57 Å². The second kappa shape index (κ2) is 9.84. The highest BCUT2D eigenvalue weighted by Crippen LogP contribution is 2.59. The number of carbonyl (C=O) groups excluding carboxylic acids is 3. The van der Waals surface area contributed by atoms with Crippen LogP contribution in [0.5, 0.6) is 0 Å². The van der Waals surface area contributed by atoms with Gasteiger partial charge in [0.05, 0.1) is 16.9 Å². The zero-order valence-electron chi connectivity index (χ0n) is 24.4. The van der Waals surface area contributed by atoms with Gasteiger partial charge in [-0.3, -0.25) is 24.5 Å². The number of nitro benzene ring substituents is 1. The predicted octanol–water partition coefficient (Wildman–Crippen LogP) is 6.46. The molecule has 0 aromatic heterocycles. The van der Waals surface area contributed by atoms with E-state index < -0.39 is 34.1 Å². The normalized spacial score (nSPS) is 23.0. The van der Waals surface area contributed by atoms with Crippen LogP contribution in [0.1, 0.15) is 49.9 Å². The molecule has 1 amide bonds. The molecule has 3 heterocycles. The van der Waals surface area contributed by atoms with Crippen LogP contribution in [0.3, 0.4) is 0 Å². The van der Waals surface area contributed by atoms with Gasteiger partial charge in [0, 0.05) is 40.2 Å². The Morgan fingerprint density at radius 1 is 0.841 bits per heavy atom. The van der Waals surface area contributed by atoms with Crippen LogP contribution < -0.4 is 10.2 Å². The molecule has 4 aromatic carbocycles. The van der Waals surface area contributed by atoms with Crippen LogP contribution in [0, 0.1) is 29.9 Å². The second-order valence-electron chi connectivity index (χ2n) is 11.9. The maximum atomic E-state index is 14.9. The summed E-state index contributed by atoms with van der Waals surface area (Å²) in [5.74, 6) is -2.38. The van der Waals surface area contributed by atoms with E-state index in [0.717, 1.165) is 28.0 Å². The number of nitrogens with one attached hydrogen (secondary N) is 1. The molecule has 0 saturated carbocycles. The van der Waals surface area contributed by atoms with E-state index in [1.54, 1.807) is 18.2 Å². The fraction of sp³-hybridized carbons (Fsp3) is 0.194. The molecule has 0 unspecified atom stereocenters. The Morgan fingerprint density at radius 2 is 1.57 bits per heavy atom. The molecule has 1 saturated heterocycles. The van der Waals surface area contributed by atoms with Gasteiger partial charge in [-0.25, -0.2) is 0 Å². The van der Waals surface area contributed by atoms with E-state index in [0.29, 0.717) is 16.8 Å². The molecule has 0 radical (unpaired) electrons. The number of non-ortho nitro benzene ring substituents is 1. The van der Waals surface area contributed by atoms with Gasteiger partial charge < -0.3 is 10.2 Å². The van der Waals surface area contributed by atoms with Crippen LogP contribution in [0.15, 0.2) is 97.1 Å². The van der Waals surface area contributed by atoms with Crippen LogP contribution in [-0.4, -0.2) is 34.5 Å². The Labute approximate surface area is 254 Å². The van der Waals surface area contributed by atoms with Gasteiger partial charge in [0.15, 0.2) is 11.6 Å². The number of allylic oxidation sites excluding steroid dienone is 1. The number of amides is 1. The van der Waals surface area contributed by atoms with E-state index in [-0.39, 0.29) is 22.9 Å². The largest absolute Gasteiger partial charge is 0.352 e. The smallest absolute Gasteiger partial charge is 0.270 e. The number of hydrogen-bond acceptors (Lipinski definition) is 6. The minimum atomic E-state index is -1.49. The lowest BCUT2D eigenvalue weighted by molar-refractivity contribution is -0.384. The number of hydrogen-bond donors (Lipinski definition) is 1.